The second-order valence-electron chi connectivity index (χ2n) is 6.93. The SMILES string of the molecule is CSc1nc(NC(=O)c2cc(F)cc(C(F)(F)F)c2)c2c(n1)C(=O)NC2c1ccccc1Cl. The summed E-state index contributed by atoms with van der Waals surface area (Å²) in [6, 6.07) is 7.36. The van der Waals surface area contributed by atoms with Crippen molar-refractivity contribution in [3.8, 4) is 0 Å². The fourth-order valence-corrected chi connectivity index (χ4v) is 3.97. The number of halogens is 5. The van der Waals surface area contributed by atoms with E-state index < -0.39 is 41.0 Å². The lowest BCUT2D eigenvalue weighted by molar-refractivity contribution is -0.137. The minimum absolute atomic E-state index is 0.00945. The Morgan fingerprint density at radius 2 is 1.91 bits per heavy atom. The number of carbonyl (C=O) groups is 2. The van der Waals surface area contributed by atoms with Gasteiger partial charge in [-0.1, -0.05) is 41.6 Å². The first kappa shape index (κ1) is 23.0. The van der Waals surface area contributed by atoms with E-state index in [1.807, 2.05) is 0 Å². The Bertz CT molecular complexity index is 1290. The van der Waals surface area contributed by atoms with Crippen molar-refractivity contribution in [3.63, 3.8) is 0 Å². The highest BCUT2D eigenvalue weighted by molar-refractivity contribution is 7.98. The summed E-state index contributed by atoms with van der Waals surface area (Å²) in [6.45, 7) is 0. The molecule has 2 heterocycles. The molecule has 0 saturated carbocycles. The monoisotopic (exact) mass is 496 g/mol. The molecular weight excluding hydrogens is 484 g/mol. The highest BCUT2D eigenvalue weighted by Crippen LogP contribution is 2.38. The molecule has 3 aromatic rings. The first-order valence-corrected chi connectivity index (χ1v) is 10.9. The molecule has 6 nitrogen and oxygen atoms in total. The van der Waals surface area contributed by atoms with Crippen molar-refractivity contribution in [2.24, 2.45) is 0 Å². The van der Waals surface area contributed by atoms with Crippen LogP contribution in [0.25, 0.3) is 0 Å². The van der Waals surface area contributed by atoms with Gasteiger partial charge < -0.3 is 10.6 Å². The molecule has 0 fully saturated rings. The third-order valence-corrected chi connectivity index (χ3v) is 5.71. The van der Waals surface area contributed by atoms with Crippen LogP contribution in [0.5, 0.6) is 0 Å². The number of fused-ring (bicyclic) bond motifs is 1. The van der Waals surface area contributed by atoms with Crippen molar-refractivity contribution in [3.05, 3.63) is 81.3 Å². The van der Waals surface area contributed by atoms with Gasteiger partial charge in [0.2, 0.25) is 0 Å². The Balaban J connectivity index is 1.80. The lowest BCUT2D eigenvalue weighted by Crippen LogP contribution is -2.21. The summed E-state index contributed by atoms with van der Waals surface area (Å²) in [5.74, 6) is -2.90. The number of hydrogen-bond acceptors (Lipinski definition) is 5. The number of nitrogens with one attached hydrogen (secondary N) is 2. The van der Waals surface area contributed by atoms with E-state index >= 15 is 0 Å². The summed E-state index contributed by atoms with van der Waals surface area (Å²) in [7, 11) is 0. The van der Waals surface area contributed by atoms with Crippen LogP contribution in [-0.4, -0.2) is 28.0 Å². The number of carbonyl (C=O) groups excluding carboxylic acids is 2. The molecule has 12 heteroatoms. The summed E-state index contributed by atoms with van der Waals surface area (Å²) in [4.78, 5) is 33.8. The quantitative estimate of drug-likeness (QED) is 0.298. The summed E-state index contributed by atoms with van der Waals surface area (Å²) in [5.41, 5.74) is -1.17. The average molecular weight is 497 g/mol. The number of rotatable bonds is 4. The third-order valence-electron chi connectivity index (χ3n) is 4.82. The number of thioether (sulfide) groups is 1. The summed E-state index contributed by atoms with van der Waals surface area (Å²) < 4.78 is 53.0. The van der Waals surface area contributed by atoms with E-state index in [4.69, 9.17) is 11.6 Å². The number of benzene rings is 2. The number of amides is 2. The molecule has 33 heavy (non-hydrogen) atoms. The van der Waals surface area contributed by atoms with E-state index in [9.17, 15) is 27.2 Å². The second kappa shape index (κ2) is 8.64. The zero-order chi connectivity index (χ0) is 23.9. The van der Waals surface area contributed by atoms with Gasteiger partial charge in [-0.3, -0.25) is 9.59 Å². The largest absolute Gasteiger partial charge is 0.416 e. The van der Waals surface area contributed by atoms with Gasteiger partial charge in [0, 0.05) is 10.6 Å². The van der Waals surface area contributed by atoms with Crippen molar-refractivity contribution in [2.45, 2.75) is 17.4 Å². The molecule has 0 radical (unpaired) electrons. The molecule has 0 aliphatic carbocycles. The van der Waals surface area contributed by atoms with Gasteiger partial charge in [-0.2, -0.15) is 13.2 Å². The van der Waals surface area contributed by atoms with E-state index in [-0.39, 0.29) is 22.2 Å². The Morgan fingerprint density at radius 1 is 1.18 bits per heavy atom. The Hall–Kier alpha value is -3.18. The minimum atomic E-state index is -4.84. The number of hydrogen-bond donors (Lipinski definition) is 2. The van der Waals surface area contributed by atoms with Gasteiger partial charge in [0.1, 0.15) is 17.3 Å². The van der Waals surface area contributed by atoms with Crippen molar-refractivity contribution in [1.29, 1.82) is 0 Å². The Morgan fingerprint density at radius 3 is 2.58 bits per heavy atom. The molecule has 1 aliphatic heterocycles. The molecule has 170 valence electrons. The van der Waals surface area contributed by atoms with E-state index in [0.29, 0.717) is 28.8 Å². The van der Waals surface area contributed by atoms with Crippen LogP contribution in [0.3, 0.4) is 0 Å². The van der Waals surface area contributed by atoms with Crippen LogP contribution in [0.4, 0.5) is 23.4 Å². The highest BCUT2D eigenvalue weighted by atomic mass is 35.5. The summed E-state index contributed by atoms with van der Waals surface area (Å²) >= 11 is 7.37. The molecule has 2 aromatic carbocycles. The van der Waals surface area contributed by atoms with Crippen LogP contribution in [-0.2, 0) is 6.18 Å². The van der Waals surface area contributed by atoms with Crippen LogP contribution >= 0.6 is 23.4 Å². The van der Waals surface area contributed by atoms with Gasteiger partial charge in [0.05, 0.1) is 17.2 Å². The van der Waals surface area contributed by atoms with Crippen molar-refractivity contribution in [1.82, 2.24) is 15.3 Å². The van der Waals surface area contributed by atoms with Crippen molar-refractivity contribution >= 4 is 41.0 Å². The number of alkyl halides is 3. The zero-order valence-corrected chi connectivity index (χ0v) is 18.2. The lowest BCUT2D eigenvalue weighted by Gasteiger charge is -2.17. The molecule has 4 rings (SSSR count). The molecule has 1 aromatic heterocycles. The highest BCUT2D eigenvalue weighted by Gasteiger charge is 2.37. The van der Waals surface area contributed by atoms with Gasteiger partial charge >= 0.3 is 6.18 Å². The maximum Gasteiger partial charge on any atom is 0.416 e. The number of aromatic nitrogens is 2. The summed E-state index contributed by atoms with van der Waals surface area (Å²) in [5, 5.41) is 5.61. The molecule has 0 saturated heterocycles. The van der Waals surface area contributed by atoms with Gasteiger partial charge in [0.15, 0.2) is 5.16 Å². The fourth-order valence-electron chi connectivity index (χ4n) is 3.36. The first-order chi connectivity index (χ1) is 15.6. The van der Waals surface area contributed by atoms with Crippen LogP contribution in [0.2, 0.25) is 5.02 Å². The smallest absolute Gasteiger partial charge is 0.339 e. The van der Waals surface area contributed by atoms with Gasteiger partial charge in [-0.25, -0.2) is 14.4 Å². The Labute approximate surface area is 193 Å². The maximum atomic E-state index is 13.8. The van der Waals surface area contributed by atoms with Gasteiger partial charge in [-0.05, 0) is 36.1 Å². The molecule has 2 N–H and O–H groups in total. The summed E-state index contributed by atoms with van der Waals surface area (Å²) in [6.07, 6.45) is -3.20. The molecule has 0 bridgehead atoms. The standard InChI is InChI=1S/C21H13ClF4N4O2S/c1-33-20-28-16-14(15(27-19(16)32)12-4-2-3-5-13(12)22)17(30-20)29-18(31)9-6-10(21(24,25)26)8-11(23)7-9/h2-8,15H,1H3,(H,27,32)(H,28,29,30,31). The Kier molecular flexibility index (Phi) is 6.02. The predicted molar refractivity (Wildman–Crippen MR) is 114 cm³/mol. The number of anilines is 1. The second-order valence-corrected chi connectivity index (χ2v) is 8.11. The van der Waals surface area contributed by atoms with E-state index in [2.05, 4.69) is 20.6 Å². The van der Waals surface area contributed by atoms with E-state index in [1.54, 1.807) is 30.5 Å². The molecule has 1 atom stereocenters. The average Bonchev–Trinajstić information content (AvgIpc) is 3.09. The molecule has 1 aliphatic rings. The molecule has 2 amide bonds. The van der Waals surface area contributed by atoms with Crippen LogP contribution < -0.4 is 10.6 Å². The third kappa shape index (κ3) is 4.51. The van der Waals surface area contributed by atoms with E-state index in [1.165, 1.54) is 0 Å². The predicted octanol–water partition coefficient (Wildman–Crippen LogP) is 5.09. The normalized spacial score (nSPS) is 15.2. The minimum Gasteiger partial charge on any atom is -0.339 e. The van der Waals surface area contributed by atoms with Crippen LogP contribution in [0, 0.1) is 5.82 Å². The molecule has 1 unspecified atom stereocenters. The van der Waals surface area contributed by atoms with E-state index in [0.717, 1.165) is 11.8 Å². The number of nitrogens with zero attached hydrogens (tertiary/aromatic N) is 2. The fraction of sp³-hybridized carbons (Fsp3) is 0.143. The topological polar surface area (TPSA) is 84.0 Å². The van der Waals surface area contributed by atoms with Gasteiger partial charge in [-0.15, -0.1) is 0 Å². The van der Waals surface area contributed by atoms with Crippen molar-refractivity contribution < 1.29 is 27.2 Å². The lowest BCUT2D eigenvalue weighted by atomic mass is 10.0. The maximum absolute atomic E-state index is 13.8. The van der Waals surface area contributed by atoms with Crippen LogP contribution in [0.15, 0.2) is 47.6 Å². The van der Waals surface area contributed by atoms with Crippen LogP contribution in [0.1, 0.15) is 43.6 Å². The van der Waals surface area contributed by atoms with Crippen molar-refractivity contribution in [2.75, 3.05) is 11.6 Å². The molecule has 0 spiro atoms. The first-order valence-electron chi connectivity index (χ1n) is 9.29. The van der Waals surface area contributed by atoms with Gasteiger partial charge in [0.25, 0.3) is 11.8 Å². The zero-order valence-electron chi connectivity index (χ0n) is 16.6. The molecular formula is C21H13ClF4N4O2S.